The number of amides is 1. The molecule has 0 aliphatic carbocycles. The first kappa shape index (κ1) is 18.7. The Balaban J connectivity index is 1.70. The van der Waals surface area contributed by atoms with E-state index in [0.717, 1.165) is 5.56 Å². The molecule has 0 aliphatic heterocycles. The quantitative estimate of drug-likeness (QED) is 0.693. The average molecular weight is 383 g/mol. The lowest BCUT2D eigenvalue weighted by Crippen LogP contribution is -2.26. The molecule has 3 rings (SSSR count). The van der Waals surface area contributed by atoms with Gasteiger partial charge in [0.25, 0.3) is 5.91 Å². The fourth-order valence-electron chi connectivity index (χ4n) is 2.55. The minimum absolute atomic E-state index is 0.147. The molecule has 0 aliphatic rings. The van der Waals surface area contributed by atoms with E-state index in [0.29, 0.717) is 34.5 Å². The molecule has 0 radical (unpaired) electrons. The number of benzene rings is 2. The number of ether oxygens (including phenoxy) is 1. The second-order valence-electron chi connectivity index (χ2n) is 5.91. The number of hydrogen-bond acceptors (Lipinski definition) is 5. The number of halogens is 1. The molecular formula is C20H19ClN4O2. The number of carbonyl (C=O) groups is 1. The Morgan fingerprint density at radius 3 is 2.52 bits per heavy atom. The summed E-state index contributed by atoms with van der Waals surface area (Å²) in [5.41, 5.74) is 2.11. The molecule has 0 spiro atoms. The number of carbonyl (C=O) groups excluding carboxylic acids is 1. The van der Waals surface area contributed by atoms with Crippen LogP contribution in [0.5, 0.6) is 5.75 Å². The van der Waals surface area contributed by atoms with Crippen LogP contribution in [-0.4, -0.2) is 34.9 Å². The molecule has 0 saturated heterocycles. The van der Waals surface area contributed by atoms with E-state index in [4.69, 9.17) is 16.3 Å². The molecule has 27 heavy (non-hydrogen) atoms. The second-order valence-corrected chi connectivity index (χ2v) is 6.35. The molecule has 6 nitrogen and oxygen atoms in total. The summed E-state index contributed by atoms with van der Waals surface area (Å²) in [6, 6.07) is 15.0. The van der Waals surface area contributed by atoms with Crippen LogP contribution < -0.4 is 10.1 Å². The van der Waals surface area contributed by atoms with Crippen molar-refractivity contribution in [2.45, 2.75) is 6.54 Å². The molecular weight excluding hydrogens is 364 g/mol. The largest absolute Gasteiger partial charge is 0.495 e. The van der Waals surface area contributed by atoms with Crippen LogP contribution in [0.4, 0.5) is 11.6 Å². The van der Waals surface area contributed by atoms with Crippen molar-refractivity contribution in [2.75, 3.05) is 19.5 Å². The Labute approximate surface area is 162 Å². The maximum absolute atomic E-state index is 12.6. The first-order chi connectivity index (χ1) is 13.1. The molecule has 1 amide bonds. The topological polar surface area (TPSA) is 67.3 Å². The molecule has 0 fully saturated rings. The van der Waals surface area contributed by atoms with Crippen molar-refractivity contribution < 1.29 is 9.53 Å². The Kier molecular flexibility index (Phi) is 5.88. The van der Waals surface area contributed by atoms with E-state index in [-0.39, 0.29) is 5.91 Å². The second kappa shape index (κ2) is 8.51. The van der Waals surface area contributed by atoms with E-state index < -0.39 is 0 Å². The van der Waals surface area contributed by atoms with Crippen LogP contribution in [0.2, 0.25) is 5.02 Å². The summed E-state index contributed by atoms with van der Waals surface area (Å²) in [5, 5.41) is 3.61. The standard InChI is InChI=1S/C20H19ClN4O2/c1-25(13-14-6-4-3-5-7-14)19(26)15-11-22-20(23-12-15)24-17-10-16(21)8-9-18(17)27-2/h3-12H,13H2,1-2H3,(H,22,23,24). The SMILES string of the molecule is COc1ccc(Cl)cc1Nc1ncc(C(=O)N(C)Cc2ccccc2)cn1. The first-order valence-corrected chi connectivity index (χ1v) is 8.66. The lowest BCUT2D eigenvalue weighted by Gasteiger charge is -2.17. The summed E-state index contributed by atoms with van der Waals surface area (Å²) in [5.74, 6) is 0.814. The number of hydrogen-bond donors (Lipinski definition) is 1. The summed E-state index contributed by atoms with van der Waals surface area (Å²) >= 11 is 6.02. The van der Waals surface area contributed by atoms with Gasteiger partial charge >= 0.3 is 0 Å². The van der Waals surface area contributed by atoms with Crippen LogP contribution in [0.1, 0.15) is 15.9 Å². The highest BCUT2D eigenvalue weighted by atomic mass is 35.5. The normalized spacial score (nSPS) is 10.3. The van der Waals surface area contributed by atoms with Crippen molar-refractivity contribution in [3.63, 3.8) is 0 Å². The van der Waals surface area contributed by atoms with E-state index in [1.807, 2.05) is 30.3 Å². The predicted octanol–water partition coefficient (Wildman–Crippen LogP) is 4.15. The number of methoxy groups -OCH3 is 1. The third kappa shape index (κ3) is 4.74. The van der Waals surface area contributed by atoms with Gasteiger partial charge in [-0.1, -0.05) is 41.9 Å². The number of nitrogens with one attached hydrogen (secondary N) is 1. The highest BCUT2D eigenvalue weighted by Gasteiger charge is 2.14. The lowest BCUT2D eigenvalue weighted by atomic mass is 10.2. The Hall–Kier alpha value is -3.12. The Bertz CT molecular complexity index is 917. The molecule has 2 aromatic carbocycles. The van der Waals surface area contributed by atoms with Crippen molar-refractivity contribution in [3.05, 3.63) is 77.1 Å². The van der Waals surface area contributed by atoms with Crippen LogP contribution in [0.15, 0.2) is 60.9 Å². The van der Waals surface area contributed by atoms with Gasteiger partial charge in [-0.05, 0) is 23.8 Å². The smallest absolute Gasteiger partial charge is 0.257 e. The van der Waals surface area contributed by atoms with Crippen molar-refractivity contribution >= 4 is 29.1 Å². The van der Waals surface area contributed by atoms with Gasteiger partial charge in [0.1, 0.15) is 5.75 Å². The molecule has 1 heterocycles. The zero-order valence-electron chi connectivity index (χ0n) is 15.0. The average Bonchev–Trinajstić information content (AvgIpc) is 2.69. The molecule has 0 atom stereocenters. The molecule has 1 N–H and O–H groups in total. The van der Waals surface area contributed by atoms with Crippen LogP contribution in [0, 0.1) is 0 Å². The van der Waals surface area contributed by atoms with Gasteiger partial charge in [0.2, 0.25) is 5.95 Å². The number of anilines is 2. The number of nitrogens with zero attached hydrogens (tertiary/aromatic N) is 3. The maximum atomic E-state index is 12.6. The molecule has 138 valence electrons. The zero-order valence-corrected chi connectivity index (χ0v) is 15.8. The predicted molar refractivity (Wildman–Crippen MR) is 106 cm³/mol. The highest BCUT2D eigenvalue weighted by molar-refractivity contribution is 6.31. The van der Waals surface area contributed by atoms with E-state index >= 15 is 0 Å². The summed E-state index contributed by atoms with van der Waals surface area (Å²) in [4.78, 5) is 22.6. The molecule has 3 aromatic rings. The van der Waals surface area contributed by atoms with Crippen molar-refractivity contribution in [1.29, 1.82) is 0 Å². The summed E-state index contributed by atoms with van der Waals surface area (Å²) in [7, 11) is 3.32. The fourth-order valence-corrected chi connectivity index (χ4v) is 2.72. The summed E-state index contributed by atoms with van der Waals surface area (Å²) in [6.07, 6.45) is 2.99. The molecule has 0 saturated carbocycles. The van der Waals surface area contributed by atoms with Gasteiger partial charge in [-0.2, -0.15) is 0 Å². The minimum Gasteiger partial charge on any atom is -0.495 e. The summed E-state index contributed by atoms with van der Waals surface area (Å²) in [6.45, 7) is 0.513. The van der Waals surface area contributed by atoms with E-state index in [1.165, 1.54) is 12.4 Å². The van der Waals surface area contributed by atoms with Gasteiger partial charge in [0, 0.05) is 31.0 Å². The number of rotatable bonds is 6. The van der Waals surface area contributed by atoms with Gasteiger partial charge in [-0.15, -0.1) is 0 Å². The van der Waals surface area contributed by atoms with Gasteiger partial charge in [0.15, 0.2) is 0 Å². The summed E-state index contributed by atoms with van der Waals surface area (Å²) < 4.78 is 5.29. The van der Waals surface area contributed by atoms with Crippen LogP contribution in [0.25, 0.3) is 0 Å². The fraction of sp³-hybridized carbons (Fsp3) is 0.150. The van der Waals surface area contributed by atoms with Gasteiger partial charge < -0.3 is 15.0 Å². The molecule has 0 unspecified atom stereocenters. The third-order valence-electron chi connectivity index (χ3n) is 3.92. The lowest BCUT2D eigenvalue weighted by molar-refractivity contribution is 0.0784. The van der Waals surface area contributed by atoms with Gasteiger partial charge in [-0.3, -0.25) is 4.79 Å². The van der Waals surface area contributed by atoms with Crippen LogP contribution >= 0.6 is 11.6 Å². The molecule has 7 heteroatoms. The van der Waals surface area contributed by atoms with Crippen molar-refractivity contribution in [3.8, 4) is 5.75 Å². The highest BCUT2D eigenvalue weighted by Crippen LogP contribution is 2.29. The Morgan fingerprint density at radius 2 is 1.85 bits per heavy atom. The molecule has 1 aromatic heterocycles. The van der Waals surface area contributed by atoms with Crippen molar-refractivity contribution in [1.82, 2.24) is 14.9 Å². The maximum Gasteiger partial charge on any atom is 0.257 e. The van der Waals surface area contributed by atoms with Crippen molar-refractivity contribution in [2.24, 2.45) is 0 Å². The number of aromatic nitrogens is 2. The monoisotopic (exact) mass is 382 g/mol. The van der Waals surface area contributed by atoms with Crippen LogP contribution in [-0.2, 0) is 6.54 Å². The third-order valence-corrected chi connectivity index (χ3v) is 4.15. The van der Waals surface area contributed by atoms with Crippen LogP contribution in [0.3, 0.4) is 0 Å². The van der Waals surface area contributed by atoms with E-state index in [9.17, 15) is 4.79 Å². The molecule has 0 bridgehead atoms. The zero-order chi connectivity index (χ0) is 19.2. The minimum atomic E-state index is -0.147. The Morgan fingerprint density at radius 1 is 1.15 bits per heavy atom. The van der Waals surface area contributed by atoms with Gasteiger partial charge in [-0.25, -0.2) is 9.97 Å². The van der Waals surface area contributed by atoms with Gasteiger partial charge in [0.05, 0.1) is 18.4 Å². The van der Waals surface area contributed by atoms with E-state index in [2.05, 4.69) is 15.3 Å². The first-order valence-electron chi connectivity index (χ1n) is 8.29. The van der Waals surface area contributed by atoms with E-state index in [1.54, 1.807) is 37.3 Å².